The van der Waals surface area contributed by atoms with E-state index in [1.807, 2.05) is 13.8 Å². The van der Waals surface area contributed by atoms with Crippen LogP contribution < -0.4 is 0 Å². The van der Waals surface area contributed by atoms with E-state index in [0.29, 0.717) is 0 Å². The summed E-state index contributed by atoms with van der Waals surface area (Å²) in [6.07, 6.45) is 0.812. The molecule has 3 nitrogen and oxygen atoms in total. The molecule has 2 heterocycles. The highest BCUT2D eigenvalue weighted by Crippen LogP contribution is 2.40. The third-order valence-electron chi connectivity index (χ3n) is 4.71. The van der Waals surface area contributed by atoms with Gasteiger partial charge in [-0.1, -0.05) is 20.8 Å². The lowest BCUT2D eigenvalue weighted by atomic mass is 9.89. The van der Waals surface area contributed by atoms with Crippen LogP contribution in [0.15, 0.2) is 18.2 Å². The van der Waals surface area contributed by atoms with Gasteiger partial charge in [-0.15, -0.1) is 0 Å². The van der Waals surface area contributed by atoms with Crippen LogP contribution in [0.3, 0.4) is 0 Å². The highest BCUT2D eigenvalue weighted by atomic mass is 19.1. The van der Waals surface area contributed by atoms with Gasteiger partial charge in [0.15, 0.2) is 0 Å². The SMILES string of the molecule is CC(C)c1cc(F)cc2c1cc1n2CCC1C(C)C(=O)O. The summed E-state index contributed by atoms with van der Waals surface area (Å²) in [6, 6.07) is 5.23. The quantitative estimate of drug-likeness (QED) is 0.923. The fraction of sp³-hybridized carbons (Fsp3) is 0.471. The number of carboxylic acid groups (broad SMARTS) is 1. The molecule has 0 bridgehead atoms. The fourth-order valence-corrected chi connectivity index (χ4v) is 3.50. The van der Waals surface area contributed by atoms with Gasteiger partial charge in [-0.25, -0.2) is 4.39 Å². The number of aryl methyl sites for hydroxylation is 1. The zero-order valence-corrected chi connectivity index (χ0v) is 12.6. The first-order valence-corrected chi connectivity index (χ1v) is 7.45. The maximum atomic E-state index is 13.9. The van der Waals surface area contributed by atoms with Gasteiger partial charge in [-0.3, -0.25) is 4.79 Å². The van der Waals surface area contributed by atoms with E-state index in [0.717, 1.165) is 35.1 Å². The zero-order chi connectivity index (χ0) is 15.3. The number of aromatic nitrogens is 1. The van der Waals surface area contributed by atoms with Crippen molar-refractivity contribution in [3.05, 3.63) is 35.3 Å². The third kappa shape index (κ3) is 2.13. The van der Waals surface area contributed by atoms with Gasteiger partial charge in [-0.05, 0) is 36.1 Å². The Morgan fingerprint density at radius 3 is 2.67 bits per heavy atom. The summed E-state index contributed by atoms with van der Waals surface area (Å²) >= 11 is 0. The van der Waals surface area contributed by atoms with Gasteiger partial charge in [0, 0.05) is 23.5 Å². The van der Waals surface area contributed by atoms with Crippen LogP contribution in [0.25, 0.3) is 10.9 Å². The predicted molar refractivity (Wildman–Crippen MR) is 80.1 cm³/mol. The van der Waals surface area contributed by atoms with Gasteiger partial charge < -0.3 is 9.67 Å². The van der Waals surface area contributed by atoms with Crippen molar-refractivity contribution in [2.24, 2.45) is 5.92 Å². The van der Waals surface area contributed by atoms with Crippen LogP contribution in [0, 0.1) is 11.7 Å². The maximum absolute atomic E-state index is 13.9. The molecule has 2 aromatic rings. The Labute approximate surface area is 123 Å². The Morgan fingerprint density at radius 1 is 1.33 bits per heavy atom. The normalized spacial score (nSPS) is 19.2. The van der Waals surface area contributed by atoms with E-state index in [2.05, 4.69) is 10.6 Å². The molecule has 0 spiro atoms. The highest BCUT2D eigenvalue weighted by molar-refractivity contribution is 5.86. The topological polar surface area (TPSA) is 42.2 Å². The molecule has 1 aromatic heterocycles. The summed E-state index contributed by atoms with van der Waals surface area (Å²) in [5.74, 6) is -1.15. The van der Waals surface area contributed by atoms with Gasteiger partial charge in [0.05, 0.1) is 11.4 Å². The first kappa shape index (κ1) is 14.1. The summed E-state index contributed by atoms with van der Waals surface area (Å²) in [6.45, 7) is 6.62. The molecule has 1 aliphatic rings. The van der Waals surface area contributed by atoms with Crippen LogP contribution in [-0.4, -0.2) is 15.6 Å². The van der Waals surface area contributed by atoms with E-state index in [9.17, 15) is 14.3 Å². The first-order valence-electron chi connectivity index (χ1n) is 7.45. The lowest BCUT2D eigenvalue weighted by molar-refractivity contribution is -0.141. The molecule has 0 radical (unpaired) electrons. The molecule has 2 atom stereocenters. The van der Waals surface area contributed by atoms with Gasteiger partial charge in [0.2, 0.25) is 0 Å². The molecule has 112 valence electrons. The lowest BCUT2D eigenvalue weighted by Crippen LogP contribution is -2.17. The minimum Gasteiger partial charge on any atom is -0.481 e. The Balaban J connectivity index is 2.19. The molecular weight excluding hydrogens is 269 g/mol. The number of hydrogen-bond donors (Lipinski definition) is 1. The molecular formula is C17H20FNO2. The number of fused-ring (bicyclic) bond motifs is 3. The van der Waals surface area contributed by atoms with E-state index in [-0.39, 0.29) is 17.7 Å². The molecule has 0 amide bonds. The van der Waals surface area contributed by atoms with E-state index >= 15 is 0 Å². The Kier molecular flexibility index (Phi) is 3.27. The van der Waals surface area contributed by atoms with E-state index in [1.165, 1.54) is 0 Å². The number of hydrogen-bond acceptors (Lipinski definition) is 1. The Morgan fingerprint density at radius 2 is 2.05 bits per heavy atom. The molecule has 3 rings (SSSR count). The number of carboxylic acids is 1. The molecule has 0 fully saturated rings. The average molecular weight is 289 g/mol. The van der Waals surface area contributed by atoms with E-state index in [1.54, 1.807) is 19.1 Å². The van der Waals surface area contributed by atoms with Crippen molar-refractivity contribution in [2.45, 2.75) is 45.6 Å². The number of nitrogens with zero attached hydrogens (tertiary/aromatic N) is 1. The van der Waals surface area contributed by atoms with Crippen LogP contribution in [0.2, 0.25) is 0 Å². The minimum atomic E-state index is -0.769. The smallest absolute Gasteiger partial charge is 0.306 e. The summed E-state index contributed by atoms with van der Waals surface area (Å²) in [5, 5.41) is 10.3. The molecule has 0 saturated carbocycles. The molecule has 1 N–H and O–H groups in total. The lowest BCUT2D eigenvalue weighted by Gasteiger charge is -2.13. The summed E-state index contributed by atoms with van der Waals surface area (Å²) in [5.41, 5.74) is 2.93. The second-order valence-corrected chi connectivity index (χ2v) is 6.33. The zero-order valence-electron chi connectivity index (χ0n) is 12.6. The van der Waals surface area contributed by atoms with Crippen molar-refractivity contribution in [2.75, 3.05) is 0 Å². The van der Waals surface area contributed by atoms with Crippen molar-refractivity contribution in [1.82, 2.24) is 4.57 Å². The molecule has 0 aliphatic carbocycles. The molecule has 21 heavy (non-hydrogen) atoms. The number of aliphatic carboxylic acids is 1. The minimum absolute atomic E-state index is 0.0120. The van der Waals surface area contributed by atoms with E-state index in [4.69, 9.17) is 0 Å². The standard InChI is InChI=1S/C17H20FNO2/c1-9(2)13-6-11(18)7-15-14(13)8-16-12(4-5-19(15)16)10(3)17(20)21/h6-10,12H,4-5H2,1-3H3,(H,20,21). The van der Waals surface area contributed by atoms with E-state index < -0.39 is 11.9 Å². The van der Waals surface area contributed by atoms with Gasteiger partial charge in [0.1, 0.15) is 5.82 Å². The fourth-order valence-electron chi connectivity index (χ4n) is 3.50. The summed E-state index contributed by atoms with van der Waals surface area (Å²) in [4.78, 5) is 11.3. The average Bonchev–Trinajstić information content (AvgIpc) is 2.96. The first-order chi connectivity index (χ1) is 9.90. The number of halogens is 1. The van der Waals surface area contributed by atoms with Crippen molar-refractivity contribution >= 4 is 16.9 Å². The van der Waals surface area contributed by atoms with Crippen molar-refractivity contribution < 1.29 is 14.3 Å². The third-order valence-corrected chi connectivity index (χ3v) is 4.71. The number of carbonyl (C=O) groups is 1. The Hall–Kier alpha value is -1.84. The Bertz CT molecular complexity index is 717. The van der Waals surface area contributed by atoms with Gasteiger partial charge in [-0.2, -0.15) is 0 Å². The second-order valence-electron chi connectivity index (χ2n) is 6.33. The monoisotopic (exact) mass is 289 g/mol. The summed E-state index contributed by atoms with van der Waals surface area (Å²) in [7, 11) is 0. The van der Waals surface area contributed by atoms with Crippen LogP contribution in [0.5, 0.6) is 0 Å². The van der Waals surface area contributed by atoms with Crippen LogP contribution in [0.1, 0.15) is 50.3 Å². The largest absolute Gasteiger partial charge is 0.481 e. The van der Waals surface area contributed by atoms with Crippen molar-refractivity contribution in [1.29, 1.82) is 0 Å². The van der Waals surface area contributed by atoms with Crippen LogP contribution >= 0.6 is 0 Å². The molecule has 4 heteroatoms. The highest BCUT2D eigenvalue weighted by Gasteiger charge is 2.33. The molecule has 2 unspecified atom stereocenters. The van der Waals surface area contributed by atoms with Crippen molar-refractivity contribution in [3.63, 3.8) is 0 Å². The van der Waals surface area contributed by atoms with Crippen LogP contribution in [-0.2, 0) is 11.3 Å². The maximum Gasteiger partial charge on any atom is 0.306 e. The van der Waals surface area contributed by atoms with Crippen LogP contribution in [0.4, 0.5) is 4.39 Å². The second kappa shape index (κ2) is 4.86. The van der Waals surface area contributed by atoms with Gasteiger partial charge in [0.25, 0.3) is 0 Å². The van der Waals surface area contributed by atoms with Gasteiger partial charge >= 0.3 is 5.97 Å². The van der Waals surface area contributed by atoms with Crippen molar-refractivity contribution in [3.8, 4) is 0 Å². The number of benzene rings is 1. The molecule has 1 aromatic carbocycles. The summed E-state index contributed by atoms with van der Waals surface area (Å²) < 4.78 is 16.0. The number of rotatable bonds is 3. The predicted octanol–water partition coefficient (Wildman–Crippen LogP) is 4.11. The molecule has 0 saturated heterocycles. The molecule has 1 aliphatic heterocycles.